The van der Waals surface area contributed by atoms with E-state index in [1.807, 2.05) is 0 Å². The minimum absolute atomic E-state index is 0.161. The molecule has 1 unspecified atom stereocenters. The van der Waals surface area contributed by atoms with Crippen LogP contribution in [0.4, 0.5) is 22.0 Å². The number of carbonyl (C=O) groups is 2. The first-order chi connectivity index (χ1) is 7.54. The summed E-state index contributed by atoms with van der Waals surface area (Å²) >= 11 is 0. The molecule has 2 N–H and O–H groups in total. The fourth-order valence-electron chi connectivity index (χ4n) is 0.809. The van der Waals surface area contributed by atoms with Gasteiger partial charge in [0.15, 0.2) is 0 Å². The first-order valence-corrected chi connectivity index (χ1v) is 4.57. The van der Waals surface area contributed by atoms with Gasteiger partial charge >= 0.3 is 18.0 Å². The predicted octanol–water partition coefficient (Wildman–Crippen LogP) is 0.825. The van der Waals surface area contributed by atoms with Crippen molar-refractivity contribution in [3.05, 3.63) is 0 Å². The molecule has 4 nitrogen and oxygen atoms in total. The summed E-state index contributed by atoms with van der Waals surface area (Å²) in [5, 5.41) is 3.45. The summed E-state index contributed by atoms with van der Waals surface area (Å²) in [7, 11) is 0. The van der Waals surface area contributed by atoms with E-state index in [1.165, 1.54) is 12.2 Å². The fraction of sp³-hybridized carbons (Fsp3) is 0.750. The Labute approximate surface area is 93.5 Å². The van der Waals surface area contributed by atoms with Crippen molar-refractivity contribution in [1.29, 1.82) is 0 Å². The molecular weight excluding hydrogens is 251 g/mol. The molecule has 2 amide bonds. The highest BCUT2D eigenvalue weighted by atomic mass is 19.4. The van der Waals surface area contributed by atoms with Gasteiger partial charge in [-0.3, -0.25) is 9.59 Å². The van der Waals surface area contributed by atoms with Crippen LogP contribution < -0.4 is 10.6 Å². The average molecular weight is 262 g/mol. The maximum Gasteiger partial charge on any atom is 0.463 e. The quantitative estimate of drug-likeness (QED) is 0.737. The molecule has 0 aromatic carbocycles. The van der Waals surface area contributed by atoms with E-state index in [-0.39, 0.29) is 6.54 Å². The lowest BCUT2D eigenvalue weighted by molar-refractivity contribution is -0.270. The number of hydrogen-bond donors (Lipinski definition) is 2. The molecule has 0 aliphatic carbocycles. The standard InChI is InChI=1S/C8H11F5N2O2/c1-3-14-5(16)4(2)15-6(17)7(9,10)8(11,12)13/h4H,3H2,1-2H3,(H,14,16)(H,15,17). The van der Waals surface area contributed by atoms with E-state index in [0.29, 0.717) is 0 Å². The molecule has 0 aliphatic rings. The predicted molar refractivity (Wildman–Crippen MR) is 47.3 cm³/mol. The Morgan fingerprint density at radius 1 is 1.18 bits per heavy atom. The third-order valence-corrected chi connectivity index (χ3v) is 1.73. The van der Waals surface area contributed by atoms with Crippen LogP contribution in [-0.4, -0.2) is 36.5 Å². The van der Waals surface area contributed by atoms with E-state index in [1.54, 1.807) is 0 Å². The molecule has 0 saturated carbocycles. The molecule has 0 bridgehead atoms. The lowest BCUT2D eigenvalue weighted by Crippen LogP contribution is -2.55. The van der Waals surface area contributed by atoms with Crippen molar-refractivity contribution in [3.63, 3.8) is 0 Å². The summed E-state index contributed by atoms with van der Waals surface area (Å²) in [4.78, 5) is 21.7. The van der Waals surface area contributed by atoms with E-state index in [4.69, 9.17) is 0 Å². The lowest BCUT2D eigenvalue weighted by Gasteiger charge is -2.21. The summed E-state index contributed by atoms with van der Waals surface area (Å²) < 4.78 is 60.2. The largest absolute Gasteiger partial charge is 0.463 e. The van der Waals surface area contributed by atoms with Crippen molar-refractivity contribution >= 4 is 11.8 Å². The summed E-state index contributed by atoms with van der Waals surface area (Å²) in [5.74, 6) is -8.92. The second kappa shape index (κ2) is 5.28. The summed E-state index contributed by atoms with van der Waals surface area (Å²) in [5.41, 5.74) is 0. The normalized spacial score (nSPS) is 14.1. The van der Waals surface area contributed by atoms with Crippen LogP contribution in [0.15, 0.2) is 0 Å². The van der Waals surface area contributed by atoms with Crippen LogP contribution in [0.1, 0.15) is 13.8 Å². The van der Waals surface area contributed by atoms with Gasteiger partial charge < -0.3 is 10.6 Å². The smallest absolute Gasteiger partial charge is 0.355 e. The van der Waals surface area contributed by atoms with Crippen molar-refractivity contribution in [1.82, 2.24) is 10.6 Å². The zero-order valence-electron chi connectivity index (χ0n) is 8.99. The highest BCUT2D eigenvalue weighted by Gasteiger charge is 2.63. The molecule has 0 rings (SSSR count). The van der Waals surface area contributed by atoms with Gasteiger partial charge in [0.2, 0.25) is 5.91 Å². The number of likely N-dealkylation sites (N-methyl/N-ethyl adjacent to an activating group) is 1. The Morgan fingerprint density at radius 3 is 2.00 bits per heavy atom. The second-order valence-corrected chi connectivity index (χ2v) is 3.16. The highest BCUT2D eigenvalue weighted by Crippen LogP contribution is 2.35. The van der Waals surface area contributed by atoms with Crippen molar-refractivity contribution in [2.45, 2.75) is 32.0 Å². The average Bonchev–Trinajstić information content (AvgIpc) is 2.15. The number of carbonyl (C=O) groups excluding carboxylic acids is 2. The van der Waals surface area contributed by atoms with Crippen LogP contribution >= 0.6 is 0 Å². The Kier molecular flexibility index (Phi) is 4.84. The van der Waals surface area contributed by atoms with Crippen molar-refractivity contribution in [2.24, 2.45) is 0 Å². The van der Waals surface area contributed by atoms with Crippen LogP contribution in [0, 0.1) is 0 Å². The number of rotatable bonds is 4. The molecule has 9 heteroatoms. The van der Waals surface area contributed by atoms with Gasteiger partial charge in [0.25, 0.3) is 0 Å². The van der Waals surface area contributed by atoms with Crippen LogP contribution in [0.25, 0.3) is 0 Å². The number of nitrogens with one attached hydrogen (secondary N) is 2. The van der Waals surface area contributed by atoms with E-state index in [0.717, 1.165) is 6.92 Å². The Hall–Kier alpha value is -1.41. The molecule has 100 valence electrons. The molecule has 0 fully saturated rings. The van der Waals surface area contributed by atoms with Gasteiger partial charge in [-0.15, -0.1) is 0 Å². The lowest BCUT2D eigenvalue weighted by atomic mass is 10.2. The molecule has 0 saturated heterocycles. The summed E-state index contributed by atoms with van der Waals surface area (Å²) in [6, 6.07) is -1.48. The highest BCUT2D eigenvalue weighted by molar-refractivity contribution is 5.90. The van der Waals surface area contributed by atoms with E-state index in [9.17, 15) is 31.5 Å². The molecule has 0 heterocycles. The minimum Gasteiger partial charge on any atom is -0.355 e. The minimum atomic E-state index is -5.99. The Morgan fingerprint density at radius 2 is 1.65 bits per heavy atom. The third kappa shape index (κ3) is 3.82. The maximum atomic E-state index is 12.5. The molecule has 0 radical (unpaired) electrons. The zero-order chi connectivity index (χ0) is 13.9. The number of hydrogen-bond acceptors (Lipinski definition) is 2. The molecule has 0 spiro atoms. The second-order valence-electron chi connectivity index (χ2n) is 3.16. The molecular formula is C8H11F5N2O2. The number of amides is 2. The third-order valence-electron chi connectivity index (χ3n) is 1.73. The van der Waals surface area contributed by atoms with Gasteiger partial charge in [0, 0.05) is 6.54 Å². The monoisotopic (exact) mass is 262 g/mol. The summed E-state index contributed by atoms with van der Waals surface area (Å²) in [6.07, 6.45) is -5.99. The van der Waals surface area contributed by atoms with Crippen LogP contribution in [0.5, 0.6) is 0 Å². The van der Waals surface area contributed by atoms with Gasteiger partial charge in [-0.05, 0) is 13.8 Å². The first kappa shape index (κ1) is 15.6. The molecule has 0 aliphatic heterocycles. The fourth-order valence-corrected chi connectivity index (χ4v) is 0.809. The van der Waals surface area contributed by atoms with Crippen molar-refractivity contribution in [3.8, 4) is 0 Å². The van der Waals surface area contributed by atoms with E-state index < -0.39 is 30.0 Å². The molecule has 17 heavy (non-hydrogen) atoms. The topological polar surface area (TPSA) is 58.2 Å². The number of alkyl halides is 5. The van der Waals surface area contributed by atoms with Crippen molar-refractivity contribution in [2.75, 3.05) is 6.54 Å². The maximum absolute atomic E-state index is 12.5. The summed E-state index contributed by atoms with van der Waals surface area (Å²) in [6.45, 7) is 2.68. The molecule has 0 aromatic rings. The Balaban J connectivity index is 4.61. The van der Waals surface area contributed by atoms with Gasteiger partial charge in [-0.2, -0.15) is 22.0 Å². The SMILES string of the molecule is CCNC(=O)C(C)NC(=O)C(F)(F)C(F)(F)F. The van der Waals surface area contributed by atoms with E-state index >= 15 is 0 Å². The Bertz CT molecular complexity index is 303. The van der Waals surface area contributed by atoms with Crippen LogP contribution in [0.3, 0.4) is 0 Å². The van der Waals surface area contributed by atoms with E-state index in [2.05, 4.69) is 5.32 Å². The molecule has 0 aromatic heterocycles. The number of halogens is 5. The van der Waals surface area contributed by atoms with Gasteiger partial charge in [-0.1, -0.05) is 0 Å². The van der Waals surface area contributed by atoms with Crippen molar-refractivity contribution < 1.29 is 31.5 Å². The van der Waals surface area contributed by atoms with Crippen LogP contribution in [0.2, 0.25) is 0 Å². The molecule has 1 atom stereocenters. The first-order valence-electron chi connectivity index (χ1n) is 4.57. The van der Waals surface area contributed by atoms with Crippen LogP contribution in [-0.2, 0) is 9.59 Å². The van der Waals surface area contributed by atoms with Gasteiger partial charge in [0.1, 0.15) is 6.04 Å². The zero-order valence-corrected chi connectivity index (χ0v) is 8.99. The van der Waals surface area contributed by atoms with Gasteiger partial charge in [-0.25, -0.2) is 0 Å². The van der Waals surface area contributed by atoms with Gasteiger partial charge in [0.05, 0.1) is 0 Å².